The highest BCUT2D eigenvalue weighted by molar-refractivity contribution is 7.15. The van der Waals surface area contributed by atoms with Crippen molar-refractivity contribution in [1.29, 1.82) is 0 Å². The van der Waals surface area contributed by atoms with Crippen LogP contribution in [-0.2, 0) is 9.53 Å². The van der Waals surface area contributed by atoms with Crippen molar-refractivity contribution in [2.75, 3.05) is 18.6 Å². The molecule has 0 saturated heterocycles. The number of methoxy groups -OCH3 is 1. The molecule has 33 heavy (non-hydrogen) atoms. The first-order valence-corrected chi connectivity index (χ1v) is 13.3. The predicted molar refractivity (Wildman–Crippen MR) is 136 cm³/mol. The van der Waals surface area contributed by atoms with Crippen molar-refractivity contribution in [2.24, 2.45) is 17.3 Å². The molecule has 5 nitrogen and oxygen atoms in total. The third-order valence-corrected chi connectivity index (χ3v) is 8.48. The highest BCUT2D eigenvalue weighted by Crippen LogP contribution is 2.43. The number of hydrogen-bond acceptors (Lipinski definition) is 5. The number of nitrogens with zero attached hydrogens (tertiary/aromatic N) is 1. The fourth-order valence-corrected chi connectivity index (χ4v) is 6.05. The molecule has 1 heterocycles. The van der Waals surface area contributed by atoms with Gasteiger partial charge < -0.3 is 14.7 Å². The summed E-state index contributed by atoms with van der Waals surface area (Å²) in [6.07, 6.45) is 10.2. The lowest BCUT2D eigenvalue weighted by molar-refractivity contribution is -0.123. The third kappa shape index (κ3) is 6.69. The molecule has 0 radical (unpaired) electrons. The van der Waals surface area contributed by atoms with Gasteiger partial charge in [-0.3, -0.25) is 4.79 Å². The van der Waals surface area contributed by atoms with Crippen LogP contribution in [0.2, 0.25) is 0 Å². The maximum Gasteiger partial charge on any atom is 0.350 e. The fourth-order valence-electron chi connectivity index (χ4n) is 4.90. The Bertz CT molecular complexity index is 861. The molecule has 3 rings (SSSR count). The summed E-state index contributed by atoms with van der Waals surface area (Å²) in [5.74, 6) is 0.388. The number of thiophene rings is 1. The van der Waals surface area contributed by atoms with Crippen molar-refractivity contribution in [3.05, 3.63) is 21.9 Å². The molecule has 1 atom stereocenters. The van der Waals surface area contributed by atoms with Gasteiger partial charge in [-0.05, 0) is 87.7 Å². The van der Waals surface area contributed by atoms with E-state index in [2.05, 4.69) is 26.8 Å². The molecular formula is C27H41NO4S. The maximum atomic E-state index is 13.7. The van der Waals surface area contributed by atoms with Crippen molar-refractivity contribution in [3.63, 3.8) is 0 Å². The van der Waals surface area contributed by atoms with Gasteiger partial charge in [-0.25, -0.2) is 4.79 Å². The number of carbonyl (C=O) groups is 2. The van der Waals surface area contributed by atoms with E-state index in [1.165, 1.54) is 24.0 Å². The first kappa shape index (κ1) is 26.0. The molecule has 1 unspecified atom stereocenters. The van der Waals surface area contributed by atoms with Crippen LogP contribution in [0, 0.1) is 17.3 Å². The second-order valence-electron chi connectivity index (χ2n) is 10.9. The van der Waals surface area contributed by atoms with Gasteiger partial charge in [0, 0.05) is 17.3 Å². The SMILES string of the molecule is COC(=O)c1sc(C2=CCC(C)(C)CC2)cc1N(CCCC(C)O)C(=O)C1CCC(C)CC1. The van der Waals surface area contributed by atoms with E-state index in [4.69, 9.17) is 4.74 Å². The molecule has 0 bridgehead atoms. The molecule has 2 aliphatic carbocycles. The van der Waals surface area contributed by atoms with Gasteiger partial charge in [0.2, 0.25) is 5.91 Å². The fraction of sp³-hybridized carbons (Fsp3) is 0.704. The first-order valence-electron chi connectivity index (χ1n) is 12.5. The Morgan fingerprint density at radius 1 is 1.27 bits per heavy atom. The average Bonchev–Trinajstić information content (AvgIpc) is 3.21. The zero-order valence-corrected chi connectivity index (χ0v) is 21.8. The normalized spacial score (nSPS) is 23.5. The Balaban J connectivity index is 1.94. The van der Waals surface area contributed by atoms with Crippen LogP contribution in [0.1, 0.15) is 100 Å². The van der Waals surface area contributed by atoms with Gasteiger partial charge in [-0.1, -0.05) is 26.8 Å². The van der Waals surface area contributed by atoms with E-state index in [-0.39, 0.29) is 17.8 Å². The largest absolute Gasteiger partial charge is 0.465 e. The van der Waals surface area contributed by atoms with Crippen molar-refractivity contribution in [1.82, 2.24) is 0 Å². The number of aliphatic hydroxyl groups is 1. The number of allylic oxidation sites excluding steroid dienone is 2. The summed E-state index contributed by atoms with van der Waals surface area (Å²) < 4.78 is 5.12. The Kier molecular flexibility index (Phi) is 8.79. The smallest absolute Gasteiger partial charge is 0.350 e. The lowest BCUT2D eigenvalue weighted by Gasteiger charge is -2.31. The first-order chi connectivity index (χ1) is 15.6. The number of aliphatic hydroxyl groups excluding tert-OH is 1. The van der Waals surface area contributed by atoms with Crippen LogP contribution in [-0.4, -0.2) is 36.7 Å². The Labute approximate surface area is 203 Å². The van der Waals surface area contributed by atoms with E-state index in [1.807, 2.05) is 11.0 Å². The van der Waals surface area contributed by atoms with Gasteiger partial charge in [0.1, 0.15) is 4.88 Å². The van der Waals surface area contributed by atoms with Gasteiger partial charge in [0.25, 0.3) is 0 Å². The summed E-state index contributed by atoms with van der Waals surface area (Å²) in [6, 6.07) is 2.03. The van der Waals surface area contributed by atoms with E-state index in [1.54, 1.807) is 6.92 Å². The summed E-state index contributed by atoms with van der Waals surface area (Å²) in [7, 11) is 1.40. The molecule has 0 spiro atoms. The van der Waals surface area contributed by atoms with Crippen molar-refractivity contribution < 1.29 is 19.4 Å². The van der Waals surface area contributed by atoms with Crippen LogP contribution < -0.4 is 4.90 Å². The maximum absolute atomic E-state index is 13.7. The molecule has 1 saturated carbocycles. The number of rotatable bonds is 8. The monoisotopic (exact) mass is 475 g/mol. The molecule has 1 aromatic rings. The molecule has 1 aromatic heterocycles. The lowest BCUT2D eigenvalue weighted by Crippen LogP contribution is -2.39. The molecule has 1 fully saturated rings. The number of anilines is 1. The Morgan fingerprint density at radius 3 is 2.55 bits per heavy atom. The van der Waals surface area contributed by atoms with Gasteiger partial charge in [-0.15, -0.1) is 11.3 Å². The molecule has 0 aromatic carbocycles. The van der Waals surface area contributed by atoms with Gasteiger partial charge in [0.05, 0.1) is 18.9 Å². The molecule has 1 N–H and O–H groups in total. The Hall–Kier alpha value is -1.66. The lowest BCUT2D eigenvalue weighted by atomic mass is 9.78. The predicted octanol–water partition coefficient (Wildman–Crippen LogP) is 6.45. The van der Waals surface area contributed by atoms with E-state index in [0.717, 1.165) is 49.8 Å². The molecule has 1 amide bonds. The van der Waals surface area contributed by atoms with Crippen LogP contribution in [0.4, 0.5) is 5.69 Å². The molecule has 2 aliphatic rings. The summed E-state index contributed by atoms with van der Waals surface area (Å²) in [4.78, 5) is 29.9. The number of amides is 1. The zero-order valence-electron chi connectivity index (χ0n) is 21.0. The topological polar surface area (TPSA) is 66.8 Å². The number of esters is 1. The minimum atomic E-state index is -0.411. The van der Waals surface area contributed by atoms with Crippen molar-refractivity contribution in [2.45, 2.75) is 91.6 Å². The minimum absolute atomic E-state index is 0.00343. The van der Waals surface area contributed by atoms with E-state index >= 15 is 0 Å². The highest BCUT2D eigenvalue weighted by Gasteiger charge is 2.33. The summed E-state index contributed by atoms with van der Waals surface area (Å²) in [5.41, 5.74) is 2.25. The Morgan fingerprint density at radius 2 is 1.97 bits per heavy atom. The summed E-state index contributed by atoms with van der Waals surface area (Å²) >= 11 is 1.45. The van der Waals surface area contributed by atoms with Crippen LogP contribution in [0.5, 0.6) is 0 Å². The second-order valence-corrected chi connectivity index (χ2v) is 11.9. The van der Waals surface area contributed by atoms with E-state index < -0.39 is 6.10 Å². The number of ether oxygens (including phenoxy) is 1. The van der Waals surface area contributed by atoms with Gasteiger partial charge in [0.15, 0.2) is 0 Å². The van der Waals surface area contributed by atoms with Crippen molar-refractivity contribution >= 4 is 34.5 Å². The summed E-state index contributed by atoms with van der Waals surface area (Å²) in [5, 5.41) is 9.77. The second kappa shape index (κ2) is 11.2. The van der Waals surface area contributed by atoms with E-state index in [9.17, 15) is 14.7 Å². The minimum Gasteiger partial charge on any atom is -0.465 e. The number of hydrogen-bond donors (Lipinski definition) is 1. The van der Waals surface area contributed by atoms with Gasteiger partial charge in [-0.2, -0.15) is 0 Å². The van der Waals surface area contributed by atoms with Crippen molar-refractivity contribution in [3.8, 4) is 0 Å². The van der Waals surface area contributed by atoms with Crippen LogP contribution in [0.15, 0.2) is 12.1 Å². The molecular weight excluding hydrogens is 434 g/mol. The average molecular weight is 476 g/mol. The molecule has 0 aliphatic heterocycles. The van der Waals surface area contributed by atoms with Crippen LogP contribution >= 0.6 is 11.3 Å². The highest BCUT2D eigenvalue weighted by atomic mass is 32.1. The van der Waals surface area contributed by atoms with Crippen LogP contribution in [0.25, 0.3) is 5.57 Å². The quantitative estimate of drug-likeness (QED) is 0.439. The summed E-state index contributed by atoms with van der Waals surface area (Å²) in [6.45, 7) is 9.10. The molecule has 6 heteroatoms. The van der Waals surface area contributed by atoms with Crippen LogP contribution in [0.3, 0.4) is 0 Å². The van der Waals surface area contributed by atoms with E-state index in [0.29, 0.717) is 41.3 Å². The van der Waals surface area contributed by atoms with Gasteiger partial charge >= 0.3 is 5.97 Å². The number of carbonyl (C=O) groups excluding carboxylic acids is 2. The standard InChI is InChI=1S/C27H41NO4S/c1-18-8-10-21(11-9-18)25(30)28(16-6-7-19(2)29)22-17-23(33-24(22)26(31)32-5)20-12-14-27(3,4)15-13-20/h12,17-19,21,29H,6-11,13-16H2,1-5H3. The zero-order chi connectivity index (χ0) is 24.2. The third-order valence-electron chi connectivity index (χ3n) is 7.30. The molecule has 184 valence electrons.